The molecule has 0 radical (unpaired) electrons. The standard InChI is InChI=1S/C30H27ClN4O6/c1-34(28(39)40)21-10-7-19(8-11-21)25(36)33-30(16-23(30)18-5-3-2-4-6-18)26(37)35-14-13-29(17-35)22-15-20(31)9-12-24(22)32-27(38)41-29/h2-12,15,23H,13-14,16-17H2,1H3,(H,32,38)(H,33,36)(H,39,40)/t23-,29?,30+/m1/s1. The number of amides is 4. The van der Waals surface area contributed by atoms with Gasteiger partial charge in [-0.1, -0.05) is 41.9 Å². The van der Waals surface area contributed by atoms with E-state index in [0.29, 0.717) is 46.9 Å². The van der Waals surface area contributed by atoms with Crippen LogP contribution in [0.3, 0.4) is 0 Å². The van der Waals surface area contributed by atoms with Crippen LogP contribution in [0.4, 0.5) is 21.0 Å². The zero-order valence-electron chi connectivity index (χ0n) is 22.1. The summed E-state index contributed by atoms with van der Waals surface area (Å²) in [6, 6.07) is 20.8. The lowest BCUT2D eigenvalue weighted by Gasteiger charge is -2.36. The molecule has 1 unspecified atom stereocenters. The predicted molar refractivity (Wildman–Crippen MR) is 151 cm³/mol. The number of carboxylic acid groups (broad SMARTS) is 1. The summed E-state index contributed by atoms with van der Waals surface area (Å²) in [5, 5.41) is 15.4. The molecule has 0 aromatic heterocycles. The summed E-state index contributed by atoms with van der Waals surface area (Å²) in [7, 11) is 1.41. The lowest BCUT2D eigenvalue weighted by molar-refractivity contribution is -0.134. The van der Waals surface area contributed by atoms with Crippen molar-refractivity contribution in [3.8, 4) is 0 Å². The number of carbonyl (C=O) groups is 4. The lowest BCUT2D eigenvalue weighted by atomic mass is 9.90. The maximum absolute atomic E-state index is 14.2. The van der Waals surface area contributed by atoms with Gasteiger partial charge in [-0.15, -0.1) is 0 Å². The number of nitrogens with zero attached hydrogens (tertiary/aromatic N) is 2. The molecule has 3 atom stereocenters. The molecule has 2 fully saturated rings. The second-order valence-corrected chi connectivity index (χ2v) is 11.1. The zero-order valence-corrected chi connectivity index (χ0v) is 22.9. The molecule has 41 heavy (non-hydrogen) atoms. The minimum Gasteiger partial charge on any atom is -0.465 e. The molecule has 4 amide bonds. The van der Waals surface area contributed by atoms with Gasteiger partial charge in [-0.25, -0.2) is 9.59 Å². The summed E-state index contributed by atoms with van der Waals surface area (Å²) in [6.07, 6.45) is -0.918. The molecule has 0 bridgehead atoms. The van der Waals surface area contributed by atoms with Crippen LogP contribution in [0.5, 0.6) is 0 Å². The quantitative estimate of drug-likeness (QED) is 0.401. The van der Waals surface area contributed by atoms with Crippen LogP contribution in [-0.4, -0.2) is 59.7 Å². The van der Waals surface area contributed by atoms with Crippen molar-refractivity contribution in [2.24, 2.45) is 0 Å². The number of halogens is 1. The van der Waals surface area contributed by atoms with Crippen molar-refractivity contribution in [3.63, 3.8) is 0 Å². The van der Waals surface area contributed by atoms with E-state index in [0.717, 1.165) is 10.5 Å². The van der Waals surface area contributed by atoms with E-state index >= 15 is 0 Å². The Morgan fingerprint density at radius 2 is 1.83 bits per heavy atom. The van der Waals surface area contributed by atoms with E-state index in [1.165, 1.54) is 31.3 Å². The Morgan fingerprint density at radius 3 is 2.54 bits per heavy atom. The molecule has 3 N–H and O–H groups in total. The first-order chi connectivity index (χ1) is 19.6. The van der Waals surface area contributed by atoms with Gasteiger partial charge in [0.05, 0.1) is 12.2 Å². The molecule has 11 heteroatoms. The summed E-state index contributed by atoms with van der Waals surface area (Å²) < 4.78 is 5.80. The van der Waals surface area contributed by atoms with Crippen molar-refractivity contribution in [1.29, 1.82) is 0 Å². The highest BCUT2D eigenvalue weighted by molar-refractivity contribution is 6.30. The van der Waals surface area contributed by atoms with E-state index in [1.54, 1.807) is 23.1 Å². The van der Waals surface area contributed by atoms with Crippen LogP contribution in [0.2, 0.25) is 5.02 Å². The summed E-state index contributed by atoms with van der Waals surface area (Å²) in [4.78, 5) is 54.1. The number of anilines is 2. The predicted octanol–water partition coefficient (Wildman–Crippen LogP) is 4.80. The van der Waals surface area contributed by atoms with Crippen LogP contribution >= 0.6 is 11.6 Å². The first-order valence-electron chi connectivity index (χ1n) is 13.2. The first-order valence-corrected chi connectivity index (χ1v) is 13.5. The first kappa shape index (κ1) is 26.6. The van der Waals surface area contributed by atoms with Crippen molar-refractivity contribution in [1.82, 2.24) is 10.2 Å². The molecule has 3 aliphatic rings. The van der Waals surface area contributed by atoms with Crippen molar-refractivity contribution < 1.29 is 29.0 Å². The van der Waals surface area contributed by atoms with E-state index in [2.05, 4.69) is 10.6 Å². The van der Waals surface area contributed by atoms with Crippen LogP contribution in [0.15, 0.2) is 72.8 Å². The fraction of sp³-hybridized carbons (Fsp3) is 0.267. The third-order valence-corrected chi connectivity index (χ3v) is 8.44. The number of likely N-dealkylation sites (tertiary alicyclic amines) is 1. The normalized spacial score (nSPS) is 24.2. The van der Waals surface area contributed by atoms with Gasteiger partial charge in [0.1, 0.15) is 5.54 Å². The van der Waals surface area contributed by atoms with Gasteiger partial charge in [0.25, 0.3) is 5.91 Å². The summed E-state index contributed by atoms with van der Waals surface area (Å²) in [5.41, 5.74) is 0.702. The van der Waals surface area contributed by atoms with Gasteiger partial charge in [-0.2, -0.15) is 0 Å². The molecule has 10 nitrogen and oxygen atoms in total. The van der Waals surface area contributed by atoms with Crippen molar-refractivity contribution in [2.75, 3.05) is 30.4 Å². The Balaban J connectivity index is 1.28. The molecule has 1 saturated carbocycles. The van der Waals surface area contributed by atoms with E-state index in [4.69, 9.17) is 16.3 Å². The Labute approximate surface area is 240 Å². The minimum absolute atomic E-state index is 0.127. The molecule has 210 valence electrons. The molecule has 6 rings (SSSR count). The number of hydrogen-bond donors (Lipinski definition) is 3. The number of ether oxygens (including phenoxy) is 1. The second-order valence-electron chi connectivity index (χ2n) is 10.7. The van der Waals surface area contributed by atoms with E-state index in [-0.39, 0.29) is 18.4 Å². The van der Waals surface area contributed by atoms with Gasteiger partial charge in [-0.05, 0) is 54.4 Å². The topological polar surface area (TPSA) is 128 Å². The molecule has 3 aromatic carbocycles. The van der Waals surface area contributed by atoms with Crippen LogP contribution in [0, 0.1) is 0 Å². The molecular weight excluding hydrogens is 548 g/mol. The third kappa shape index (κ3) is 4.63. The third-order valence-electron chi connectivity index (χ3n) is 8.20. The van der Waals surface area contributed by atoms with Gasteiger partial charge in [0.2, 0.25) is 5.91 Å². The highest BCUT2D eigenvalue weighted by Crippen LogP contribution is 2.54. The minimum atomic E-state index is -1.19. The van der Waals surface area contributed by atoms with E-state index < -0.39 is 29.2 Å². The Hall–Kier alpha value is -4.57. The van der Waals surface area contributed by atoms with Crippen LogP contribution in [0.1, 0.15) is 40.2 Å². The van der Waals surface area contributed by atoms with Gasteiger partial charge in [-0.3, -0.25) is 19.8 Å². The van der Waals surface area contributed by atoms with Crippen LogP contribution in [0.25, 0.3) is 0 Å². The van der Waals surface area contributed by atoms with Crippen molar-refractivity contribution >= 4 is 47.0 Å². The average molecular weight is 575 g/mol. The van der Waals surface area contributed by atoms with Crippen LogP contribution < -0.4 is 15.5 Å². The number of fused-ring (bicyclic) bond motifs is 2. The Kier molecular flexibility index (Phi) is 6.37. The largest absolute Gasteiger partial charge is 0.465 e. The zero-order chi connectivity index (χ0) is 28.9. The van der Waals surface area contributed by atoms with Gasteiger partial charge in [0.15, 0.2) is 5.60 Å². The molecule has 1 saturated heterocycles. The summed E-state index contributed by atoms with van der Waals surface area (Å²) in [5.74, 6) is -0.941. The Bertz CT molecular complexity index is 1560. The molecule has 1 aliphatic carbocycles. The van der Waals surface area contributed by atoms with E-state index in [9.17, 15) is 24.3 Å². The highest BCUT2D eigenvalue weighted by atomic mass is 35.5. The fourth-order valence-corrected chi connectivity index (χ4v) is 6.08. The number of nitrogens with one attached hydrogen (secondary N) is 2. The molecule has 2 aliphatic heterocycles. The maximum Gasteiger partial charge on any atom is 0.412 e. The number of benzene rings is 3. The molecule has 3 aromatic rings. The smallest absolute Gasteiger partial charge is 0.412 e. The lowest BCUT2D eigenvalue weighted by Crippen LogP contribution is -2.52. The SMILES string of the molecule is CN(C(=O)O)c1ccc(C(=O)N[C@@]2(C(=O)N3CCC4(C3)OC(=O)Nc3ccc(Cl)cc34)C[C@@H]2c2ccccc2)cc1. The fourth-order valence-electron chi connectivity index (χ4n) is 5.91. The van der Waals surface area contributed by atoms with Gasteiger partial charge in [0, 0.05) is 47.8 Å². The van der Waals surface area contributed by atoms with Gasteiger partial charge >= 0.3 is 12.2 Å². The summed E-state index contributed by atoms with van der Waals surface area (Å²) in [6.45, 7) is 0.454. The van der Waals surface area contributed by atoms with E-state index in [1.807, 2.05) is 30.3 Å². The number of carbonyl (C=O) groups excluding carboxylic acids is 3. The number of rotatable bonds is 5. The highest BCUT2D eigenvalue weighted by Gasteiger charge is 2.64. The van der Waals surface area contributed by atoms with Crippen molar-refractivity contribution in [2.45, 2.75) is 29.9 Å². The molecule has 1 spiro atoms. The van der Waals surface area contributed by atoms with Crippen molar-refractivity contribution in [3.05, 3.63) is 94.5 Å². The Morgan fingerprint density at radius 1 is 1.10 bits per heavy atom. The van der Waals surface area contributed by atoms with Gasteiger partial charge < -0.3 is 20.1 Å². The van der Waals surface area contributed by atoms with Crippen LogP contribution in [-0.2, 0) is 15.1 Å². The second kappa shape index (κ2) is 9.81. The average Bonchev–Trinajstić information content (AvgIpc) is 3.55. The molecular formula is C30H27ClN4O6. The monoisotopic (exact) mass is 574 g/mol. The molecule has 2 heterocycles. The summed E-state index contributed by atoms with van der Waals surface area (Å²) >= 11 is 6.27. The maximum atomic E-state index is 14.2. The number of hydrogen-bond acceptors (Lipinski definition) is 5.